The summed E-state index contributed by atoms with van der Waals surface area (Å²) in [5, 5.41) is 5.51. The second kappa shape index (κ2) is 8.28. The van der Waals surface area contributed by atoms with Gasteiger partial charge in [-0.15, -0.1) is 0 Å². The van der Waals surface area contributed by atoms with Crippen molar-refractivity contribution < 1.29 is 18.7 Å². The summed E-state index contributed by atoms with van der Waals surface area (Å²) in [5.41, 5.74) is 0.741. The van der Waals surface area contributed by atoms with Gasteiger partial charge in [-0.05, 0) is 43.7 Å². The molecule has 2 aromatic rings. The molecule has 25 heavy (non-hydrogen) atoms. The number of benzene rings is 2. The largest absolute Gasteiger partial charge is 0.496 e. The quantitative estimate of drug-likeness (QED) is 0.841. The molecule has 0 aliphatic carbocycles. The summed E-state index contributed by atoms with van der Waals surface area (Å²) in [6.07, 6.45) is 0.792. The van der Waals surface area contributed by atoms with Gasteiger partial charge in [-0.2, -0.15) is 0 Å². The maximum Gasteiger partial charge on any atom is 0.259 e. The van der Waals surface area contributed by atoms with Crippen molar-refractivity contribution in [3.63, 3.8) is 0 Å². The van der Waals surface area contributed by atoms with Crippen LogP contribution in [0.1, 0.15) is 41.0 Å². The smallest absolute Gasteiger partial charge is 0.259 e. The molecular formula is C19H21FN2O3. The molecule has 1 atom stereocenters. The molecule has 0 spiro atoms. The molecule has 2 aromatic carbocycles. The summed E-state index contributed by atoms with van der Waals surface area (Å²) in [5.74, 6) is -1.13. The minimum atomic E-state index is -0.555. The molecule has 2 amide bonds. The van der Waals surface area contributed by atoms with Gasteiger partial charge in [0.1, 0.15) is 11.6 Å². The Hall–Kier alpha value is -2.89. The van der Waals surface area contributed by atoms with Crippen LogP contribution in [0.3, 0.4) is 0 Å². The van der Waals surface area contributed by atoms with Gasteiger partial charge >= 0.3 is 0 Å². The second-order valence-corrected chi connectivity index (χ2v) is 5.63. The second-order valence-electron chi connectivity index (χ2n) is 5.63. The van der Waals surface area contributed by atoms with E-state index >= 15 is 0 Å². The van der Waals surface area contributed by atoms with E-state index in [1.54, 1.807) is 24.3 Å². The number of ether oxygens (including phenoxy) is 1. The lowest BCUT2D eigenvalue weighted by Gasteiger charge is -2.15. The van der Waals surface area contributed by atoms with Crippen LogP contribution in [0, 0.1) is 5.82 Å². The Morgan fingerprint density at radius 1 is 1.12 bits per heavy atom. The maximum absolute atomic E-state index is 13.5. The molecule has 0 heterocycles. The molecule has 0 unspecified atom stereocenters. The standard InChI is InChI=1S/C19H21FN2O3/c1-4-12(2)21-18(23)14-7-5-6-8-16(14)22-19(24)15-11-13(20)9-10-17(15)25-3/h5-12H,4H2,1-3H3,(H,21,23)(H,22,24)/t12-/m0/s1. The van der Waals surface area contributed by atoms with E-state index in [1.165, 1.54) is 19.2 Å². The van der Waals surface area contributed by atoms with E-state index in [0.717, 1.165) is 12.5 Å². The van der Waals surface area contributed by atoms with E-state index in [0.29, 0.717) is 11.3 Å². The summed E-state index contributed by atoms with van der Waals surface area (Å²) in [7, 11) is 1.40. The average molecular weight is 344 g/mol. The van der Waals surface area contributed by atoms with Gasteiger partial charge in [0.15, 0.2) is 0 Å². The van der Waals surface area contributed by atoms with E-state index < -0.39 is 11.7 Å². The van der Waals surface area contributed by atoms with Crippen molar-refractivity contribution in [1.29, 1.82) is 0 Å². The highest BCUT2D eigenvalue weighted by molar-refractivity contribution is 6.10. The highest BCUT2D eigenvalue weighted by Gasteiger charge is 2.18. The van der Waals surface area contributed by atoms with Crippen LogP contribution in [0.5, 0.6) is 5.75 Å². The first-order valence-electron chi connectivity index (χ1n) is 8.01. The topological polar surface area (TPSA) is 67.4 Å². The van der Waals surface area contributed by atoms with Crippen LogP contribution in [-0.4, -0.2) is 25.0 Å². The van der Waals surface area contributed by atoms with Crippen LogP contribution in [0.2, 0.25) is 0 Å². The van der Waals surface area contributed by atoms with Crippen LogP contribution in [0.25, 0.3) is 0 Å². The molecule has 0 fully saturated rings. The van der Waals surface area contributed by atoms with Crippen molar-refractivity contribution >= 4 is 17.5 Å². The molecule has 6 heteroatoms. The van der Waals surface area contributed by atoms with Gasteiger partial charge in [-0.1, -0.05) is 19.1 Å². The Kier molecular flexibility index (Phi) is 6.11. The summed E-state index contributed by atoms with van der Waals surface area (Å²) < 4.78 is 18.6. The van der Waals surface area contributed by atoms with E-state index in [4.69, 9.17) is 4.74 Å². The molecule has 0 radical (unpaired) electrons. The first-order valence-corrected chi connectivity index (χ1v) is 8.01. The normalized spacial score (nSPS) is 11.5. The zero-order valence-electron chi connectivity index (χ0n) is 14.4. The number of anilines is 1. The molecule has 0 aromatic heterocycles. The minimum Gasteiger partial charge on any atom is -0.496 e. The van der Waals surface area contributed by atoms with Gasteiger partial charge in [-0.25, -0.2) is 4.39 Å². The Morgan fingerprint density at radius 2 is 1.84 bits per heavy atom. The fraction of sp³-hybridized carbons (Fsp3) is 0.263. The molecule has 5 nitrogen and oxygen atoms in total. The molecule has 0 aliphatic rings. The molecule has 2 N–H and O–H groups in total. The predicted octanol–water partition coefficient (Wildman–Crippen LogP) is 3.61. The van der Waals surface area contributed by atoms with E-state index in [-0.39, 0.29) is 23.3 Å². The number of methoxy groups -OCH3 is 1. The zero-order valence-corrected chi connectivity index (χ0v) is 14.4. The highest BCUT2D eigenvalue weighted by atomic mass is 19.1. The van der Waals surface area contributed by atoms with Crippen molar-refractivity contribution in [2.75, 3.05) is 12.4 Å². The average Bonchev–Trinajstić information content (AvgIpc) is 2.61. The lowest BCUT2D eigenvalue weighted by Crippen LogP contribution is -2.32. The van der Waals surface area contributed by atoms with E-state index in [1.807, 2.05) is 13.8 Å². The molecule has 0 saturated carbocycles. The SMILES string of the molecule is CC[C@H](C)NC(=O)c1ccccc1NC(=O)c1cc(F)ccc1OC. The fourth-order valence-electron chi connectivity index (χ4n) is 2.24. The summed E-state index contributed by atoms with van der Waals surface area (Å²) in [6, 6.07) is 10.4. The van der Waals surface area contributed by atoms with Crippen molar-refractivity contribution in [3.05, 3.63) is 59.4 Å². The van der Waals surface area contributed by atoms with Crippen molar-refractivity contribution in [2.45, 2.75) is 26.3 Å². The number of carbonyl (C=O) groups is 2. The van der Waals surface area contributed by atoms with Crippen molar-refractivity contribution in [1.82, 2.24) is 5.32 Å². The number of halogens is 1. The zero-order chi connectivity index (χ0) is 18.4. The maximum atomic E-state index is 13.5. The van der Waals surface area contributed by atoms with Crippen LogP contribution < -0.4 is 15.4 Å². The third-order valence-corrected chi connectivity index (χ3v) is 3.82. The molecule has 0 aliphatic heterocycles. The third-order valence-electron chi connectivity index (χ3n) is 3.82. The van der Waals surface area contributed by atoms with Gasteiger partial charge in [0.2, 0.25) is 0 Å². The number of hydrogen-bond donors (Lipinski definition) is 2. The Morgan fingerprint density at radius 3 is 2.52 bits per heavy atom. The van der Waals surface area contributed by atoms with Gasteiger partial charge in [0.25, 0.3) is 11.8 Å². The monoisotopic (exact) mass is 344 g/mol. The lowest BCUT2D eigenvalue weighted by molar-refractivity contribution is 0.0940. The molecule has 132 valence electrons. The van der Waals surface area contributed by atoms with Crippen LogP contribution in [-0.2, 0) is 0 Å². The number of amides is 2. The highest BCUT2D eigenvalue weighted by Crippen LogP contribution is 2.22. The molecule has 0 bridgehead atoms. The summed E-state index contributed by atoms with van der Waals surface area (Å²) in [6.45, 7) is 3.87. The van der Waals surface area contributed by atoms with E-state index in [9.17, 15) is 14.0 Å². The third kappa shape index (κ3) is 4.56. The first-order chi connectivity index (χ1) is 12.0. The van der Waals surface area contributed by atoms with Crippen molar-refractivity contribution in [3.8, 4) is 5.75 Å². The molecule has 0 saturated heterocycles. The molecule has 2 rings (SSSR count). The lowest BCUT2D eigenvalue weighted by atomic mass is 10.1. The number of rotatable bonds is 6. The Balaban J connectivity index is 2.28. The number of nitrogens with one attached hydrogen (secondary N) is 2. The van der Waals surface area contributed by atoms with Gasteiger partial charge < -0.3 is 15.4 Å². The minimum absolute atomic E-state index is 0.0135. The van der Waals surface area contributed by atoms with E-state index in [2.05, 4.69) is 10.6 Å². The fourth-order valence-corrected chi connectivity index (χ4v) is 2.24. The van der Waals surface area contributed by atoms with Gasteiger partial charge in [-0.3, -0.25) is 9.59 Å². The van der Waals surface area contributed by atoms with Gasteiger partial charge in [0, 0.05) is 6.04 Å². The predicted molar refractivity (Wildman–Crippen MR) is 94.6 cm³/mol. The number of para-hydroxylation sites is 1. The molecular weight excluding hydrogens is 323 g/mol. The number of carbonyl (C=O) groups excluding carboxylic acids is 2. The van der Waals surface area contributed by atoms with Crippen LogP contribution in [0.15, 0.2) is 42.5 Å². The summed E-state index contributed by atoms with van der Waals surface area (Å²) >= 11 is 0. The van der Waals surface area contributed by atoms with Gasteiger partial charge in [0.05, 0.1) is 23.9 Å². The number of hydrogen-bond acceptors (Lipinski definition) is 3. The Labute approximate surface area is 146 Å². The Bertz CT molecular complexity index is 777. The van der Waals surface area contributed by atoms with Crippen LogP contribution >= 0.6 is 0 Å². The van der Waals surface area contributed by atoms with Crippen molar-refractivity contribution in [2.24, 2.45) is 0 Å². The van der Waals surface area contributed by atoms with Crippen LogP contribution in [0.4, 0.5) is 10.1 Å². The summed E-state index contributed by atoms with van der Waals surface area (Å²) in [4.78, 5) is 24.9. The first kappa shape index (κ1) is 18.4.